The fourth-order valence-electron chi connectivity index (χ4n) is 6.06. The second-order valence-electron chi connectivity index (χ2n) is 9.97. The first kappa shape index (κ1) is 21.8. The maximum absolute atomic E-state index is 6.96. The van der Waals surface area contributed by atoms with E-state index in [-0.39, 0.29) is 0 Å². The fourth-order valence-corrected chi connectivity index (χ4v) is 6.33. The lowest BCUT2D eigenvalue weighted by atomic mass is 9.99. The first-order valence-corrected chi connectivity index (χ1v) is 13.1. The molecule has 8 nitrogen and oxygen atoms in total. The number of benzene rings is 2. The lowest BCUT2D eigenvalue weighted by Gasteiger charge is -2.30. The Morgan fingerprint density at radius 1 is 0.974 bits per heavy atom. The minimum atomic E-state index is 0.539. The van der Waals surface area contributed by atoms with E-state index in [0.717, 1.165) is 63.3 Å². The Labute approximate surface area is 223 Å². The molecule has 6 heterocycles. The lowest BCUT2D eigenvalue weighted by molar-refractivity contribution is 0.580. The number of pyridine rings is 1. The molecule has 0 amide bonds. The van der Waals surface area contributed by atoms with E-state index in [2.05, 4.69) is 49.7 Å². The van der Waals surface area contributed by atoms with Crippen LogP contribution in [0.25, 0.3) is 50.2 Å². The highest BCUT2D eigenvalue weighted by Crippen LogP contribution is 2.40. The van der Waals surface area contributed by atoms with Crippen LogP contribution < -0.4 is 10.2 Å². The van der Waals surface area contributed by atoms with Gasteiger partial charge in [0.25, 0.3) is 0 Å². The molecule has 2 aliphatic heterocycles. The van der Waals surface area contributed by atoms with Crippen LogP contribution in [-0.4, -0.2) is 55.0 Å². The lowest BCUT2D eigenvalue weighted by Crippen LogP contribution is -2.43. The van der Waals surface area contributed by atoms with Crippen LogP contribution in [0.2, 0.25) is 5.02 Å². The molecule has 2 aromatic carbocycles. The van der Waals surface area contributed by atoms with E-state index in [4.69, 9.17) is 21.7 Å². The van der Waals surface area contributed by atoms with Crippen LogP contribution in [0.3, 0.4) is 0 Å². The van der Waals surface area contributed by atoms with Crippen LogP contribution in [-0.2, 0) is 0 Å². The number of hydrogen-bond donors (Lipinski definition) is 2. The highest BCUT2D eigenvalue weighted by Gasteiger charge is 2.37. The Bertz CT molecular complexity index is 1830. The number of aromatic amines is 1. The van der Waals surface area contributed by atoms with Crippen molar-refractivity contribution in [3.63, 3.8) is 0 Å². The van der Waals surface area contributed by atoms with Gasteiger partial charge in [-0.05, 0) is 54.4 Å². The molecule has 8 rings (SSSR count). The van der Waals surface area contributed by atoms with E-state index in [1.807, 2.05) is 47.2 Å². The summed E-state index contributed by atoms with van der Waals surface area (Å²) < 4.78 is 1.91. The molecule has 2 bridgehead atoms. The SMILES string of the molecule is Clc1cc(N2CC3C[C@H]2CN3)ccc1-c1ccnc2c(-c3cccc4[nH]ncc34)c(-c3ccncc3)nn12. The standard InChI is InChI=1S/C29H23ClN8/c30-24-13-19(37-16-18-12-20(37)14-33-18)4-5-22(24)26-8-11-32-29-27(21-2-1-3-25-23(21)15-34-35-25)28(36-38(26)29)17-6-9-31-10-7-17/h1-11,13,15,18,20,33H,12,14,16H2,(H,34,35)/t18?,20-/m0/s1. The van der Waals surface area contributed by atoms with Crippen molar-refractivity contribution in [2.75, 3.05) is 18.0 Å². The molecule has 0 saturated carbocycles. The summed E-state index contributed by atoms with van der Waals surface area (Å²) in [5, 5.41) is 17.8. The van der Waals surface area contributed by atoms with Gasteiger partial charge in [0.1, 0.15) is 5.69 Å². The molecule has 9 heteroatoms. The van der Waals surface area contributed by atoms with E-state index in [1.165, 1.54) is 12.1 Å². The van der Waals surface area contributed by atoms with Crippen molar-refractivity contribution < 1.29 is 0 Å². The van der Waals surface area contributed by atoms with Gasteiger partial charge in [0, 0.05) is 66.0 Å². The first-order valence-electron chi connectivity index (χ1n) is 12.7. The minimum Gasteiger partial charge on any atom is -0.366 e. The Kier molecular flexibility index (Phi) is 4.80. The Balaban J connectivity index is 1.33. The molecule has 4 aromatic heterocycles. The summed E-state index contributed by atoms with van der Waals surface area (Å²) >= 11 is 6.96. The first-order chi connectivity index (χ1) is 18.7. The number of nitrogens with zero attached hydrogens (tertiary/aromatic N) is 6. The van der Waals surface area contributed by atoms with Crippen LogP contribution in [0.4, 0.5) is 5.69 Å². The number of aromatic nitrogens is 6. The monoisotopic (exact) mass is 518 g/mol. The summed E-state index contributed by atoms with van der Waals surface area (Å²) in [6.45, 7) is 2.06. The number of hydrogen-bond acceptors (Lipinski definition) is 6. The number of nitrogens with one attached hydrogen (secondary N) is 2. The molecular formula is C29H23ClN8. The third kappa shape index (κ3) is 3.27. The van der Waals surface area contributed by atoms with Gasteiger partial charge in [-0.15, -0.1) is 0 Å². The Morgan fingerprint density at radius 3 is 2.71 bits per heavy atom. The molecule has 6 aromatic rings. The number of fused-ring (bicyclic) bond motifs is 4. The third-order valence-corrected chi connectivity index (χ3v) is 8.16. The summed E-state index contributed by atoms with van der Waals surface area (Å²) in [7, 11) is 0. The zero-order valence-corrected chi connectivity index (χ0v) is 21.1. The quantitative estimate of drug-likeness (QED) is 0.333. The van der Waals surface area contributed by atoms with Crippen molar-refractivity contribution in [2.24, 2.45) is 0 Å². The molecule has 2 atom stereocenters. The number of rotatable bonds is 4. The number of piperazine rings is 1. The van der Waals surface area contributed by atoms with E-state index in [1.54, 1.807) is 12.4 Å². The van der Waals surface area contributed by atoms with Crippen molar-refractivity contribution in [3.8, 4) is 33.6 Å². The van der Waals surface area contributed by atoms with E-state index < -0.39 is 0 Å². The topological polar surface area (TPSA) is 87.0 Å². The summed E-state index contributed by atoms with van der Waals surface area (Å²) in [6.07, 6.45) is 8.45. The predicted molar refractivity (Wildman–Crippen MR) is 149 cm³/mol. The highest BCUT2D eigenvalue weighted by atomic mass is 35.5. The Morgan fingerprint density at radius 2 is 1.89 bits per heavy atom. The van der Waals surface area contributed by atoms with Gasteiger partial charge in [0.2, 0.25) is 0 Å². The largest absolute Gasteiger partial charge is 0.366 e. The van der Waals surface area contributed by atoms with Crippen molar-refractivity contribution in [2.45, 2.75) is 18.5 Å². The van der Waals surface area contributed by atoms with Crippen LogP contribution in [0.15, 0.2) is 79.4 Å². The summed E-state index contributed by atoms with van der Waals surface area (Å²) in [5.41, 5.74) is 8.44. The van der Waals surface area contributed by atoms with Crippen LogP contribution in [0.1, 0.15) is 6.42 Å². The van der Waals surface area contributed by atoms with Gasteiger partial charge in [0.05, 0.1) is 28.0 Å². The van der Waals surface area contributed by atoms with E-state index in [9.17, 15) is 0 Å². The van der Waals surface area contributed by atoms with E-state index in [0.29, 0.717) is 17.1 Å². The van der Waals surface area contributed by atoms with Gasteiger partial charge in [0.15, 0.2) is 5.65 Å². The van der Waals surface area contributed by atoms with Gasteiger partial charge in [-0.1, -0.05) is 23.7 Å². The summed E-state index contributed by atoms with van der Waals surface area (Å²) in [5.74, 6) is 0. The minimum absolute atomic E-state index is 0.539. The molecular weight excluding hydrogens is 496 g/mol. The van der Waals surface area contributed by atoms with Crippen molar-refractivity contribution in [3.05, 3.63) is 84.4 Å². The zero-order valence-electron chi connectivity index (χ0n) is 20.3. The normalized spacial score (nSPS) is 18.7. The predicted octanol–water partition coefficient (Wildman–Crippen LogP) is 5.21. The van der Waals surface area contributed by atoms with Gasteiger partial charge in [-0.3, -0.25) is 10.1 Å². The second kappa shape index (κ2) is 8.37. The van der Waals surface area contributed by atoms with Crippen LogP contribution in [0.5, 0.6) is 0 Å². The highest BCUT2D eigenvalue weighted by molar-refractivity contribution is 6.33. The van der Waals surface area contributed by atoms with Crippen LogP contribution in [0, 0.1) is 0 Å². The molecule has 2 N–H and O–H groups in total. The summed E-state index contributed by atoms with van der Waals surface area (Å²) in [6, 6.07) is 19.5. The molecule has 186 valence electrons. The number of anilines is 1. The Hall–Kier alpha value is -4.27. The fraction of sp³-hybridized carbons (Fsp3) is 0.172. The van der Waals surface area contributed by atoms with Gasteiger partial charge < -0.3 is 10.2 Å². The van der Waals surface area contributed by atoms with Crippen molar-refractivity contribution in [1.29, 1.82) is 0 Å². The van der Waals surface area contributed by atoms with E-state index >= 15 is 0 Å². The molecule has 2 fully saturated rings. The smallest absolute Gasteiger partial charge is 0.164 e. The van der Waals surface area contributed by atoms with Crippen molar-refractivity contribution in [1.82, 2.24) is 35.1 Å². The molecule has 0 radical (unpaired) electrons. The molecule has 38 heavy (non-hydrogen) atoms. The zero-order chi connectivity index (χ0) is 25.2. The average molecular weight is 519 g/mol. The maximum Gasteiger partial charge on any atom is 0.164 e. The second-order valence-corrected chi connectivity index (χ2v) is 10.4. The van der Waals surface area contributed by atoms with Crippen LogP contribution >= 0.6 is 11.6 Å². The maximum atomic E-state index is 6.96. The molecule has 2 aliphatic rings. The van der Waals surface area contributed by atoms with Gasteiger partial charge in [-0.2, -0.15) is 10.2 Å². The third-order valence-electron chi connectivity index (χ3n) is 7.84. The molecule has 0 aliphatic carbocycles. The summed E-state index contributed by atoms with van der Waals surface area (Å²) in [4.78, 5) is 11.5. The van der Waals surface area contributed by atoms with Crippen molar-refractivity contribution >= 4 is 33.8 Å². The van der Waals surface area contributed by atoms with Gasteiger partial charge >= 0.3 is 0 Å². The average Bonchev–Trinajstić information content (AvgIpc) is 3.76. The number of H-pyrrole nitrogens is 1. The molecule has 1 unspecified atom stereocenters. The van der Waals surface area contributed by atoms with Gasteiger partial charge in [-0.25, -0.2) is 9.50 Å². The number of halogens is 1. The molecule has 0 spiro atoms. The molecule has 2 saturated heterocycles.